The summed E-state index contributed by atoms with van der Waals surface area (Å²) in [5.74, 6) is 2.39. The summed E-state index contributed by atoms with van der Waals surface area (Å²) in [6, 6.07) is 33.1. The number of hydrogen-bond acceptors (Lipinski definition) is 6. The van der Waals surface area contributed by atoms with E-state index in [0.29, 0.717) is 11.2 Å². The Labute approximate surface area is 302 Å². The van der Waals surface area contributed by atoms with Gasteiger partial charge in [0.1, 0.15) is 12.0 Å². The first-order chi connectivity index (χ1) is 25.3. The second-order valence-corrected chi connectivity index (χ2v) is 15.3. The number of thioether (sulfide) groups is 1. The summed E-state index contributed by atoms with van der Waals surface area (Å²) < 4.78 is 0. The van der Waals surface area contributed by atoms with Crippen molar-refractivity contribution < 1.29 is 0 Å². The smallest absolute Gasteiger partial charge is 0.230 e. The van der Waals surface area contributed by atoms with Crippen LogP contribution in [0.3, 0.4) is 0 Å². The summed E-state index contributed by atoms with van der Waals surface area (Å²) in [4.78, 5) is 17.3. The molecule has 0 saturated carbocycles. The van der Waals surface area contributed by atoms with Crippen LogP contribution in [0.25, 0.3) is 0 Å². The molecular formula is C45H35N5S. The largest absolute Gasteiger partial charge is 0.344 e. The first kappa shape index (κ1) is 29.2. The van der Waals surface area contributed by atoms with Gasteiger partial charge in [-0.2, -0.15) is 4.99 Å². The molecule has 5 nitrogen and oxygen atoms in total. The molecule has 0 bridgehead atoms. The van der Waals surface area contributed by atoms with E-state index in [4.69, 9.17) is 9.98 Å². The van der Waals surface area contributed by atoms with Gasteiger partial charge in [-0.15, -0.1) is 11.8 Å². The molecule has 0 amide bonds. The second-order valence-electron chi connectivity index (χ2n) is 14.1. The van der Waals surface area contributed by atoms with Gasteiger partial charge >= 0.3 is 0 Å². The van der Waals surface area contributed by atoms with E-state index < -0.39 is 0 Å². The molecule has 0 aromatic heterocycles. The van der Waals surface area contributed by atoms with Crippen molar-refractivity contribution in [2.75, 3.05) is 9.80 Å². The van der Waals surface area contributed by atoms with E-state index in [0.717, 1.165) is 22.9 Å². The molecule has 4 aromatic rings. The SMILES string of the molecule is C1=CC2Sc3ccc(N4c5c(ccc6c5N(C5=NC(c7ccccc7)NC(c7ccccc7)=N5)C5C=CC=CC65)C5C=CC=CC54)cc3C2C=C1. The lowest BCUT2D eigenvalue weighted by Gasteiger charge is -2.35. The molecule has 7 aliphatic rings. The Bertz CT molecular complexity index is 2330. The number of hydrogen-bond donors (Lipinski definition) is 1. The van der Waals surface area contributed by atoms with E-state index in [2.05, 4.69) is 179 Å². The van der Waals surface area contributed by atoms with E-state index in [-0.39, 0.29) is 30.1 Å². The van der Waals surface area contributed by atoms with Crippen molar-refractivity contribution in [2.24, 2.45) is 9.98 Å². The molecule has 0 radical (unpaired) electrons. The number of fused-ring (bicyclic) bond motifs is 10. The Morgan fingerprint density at radius 1 is 0.569 bits per heavy atom. The molecule has 11 rings (SSSR count). The van der Waals surface area contributed by atoms with Crippen molar-refractivity contribution in [1.29, 1.82) is 0 Å². The molecule has 1 N–H and O–H groups in total. The van der Waals surface area contributed by atoms with E-state index >= 15 is 0 Å². The number of aliphatic imine (C=N–C) groups is 2. The maximum absolute atomic E-state index is 5.43. The average molecular weight is 678 g/mol. The van der Waals surface area contributed by atoms with Gasteiger partial charge in [0.15, 0.2) is 0 Å². The Morgan fingerprint density at radius 3 is 1.94 bits per heavy atom. The summed E-state index contributed by atoms with van der Waals surface area (Å²) in [7, 11) is 0. The van der Waals surface area contributed by atoms with Crippen LogP contribution >= 0.6 is 11.8 Å². The van der Waals surface area contributed by atoms with E-state index in [1.165, 1.54) is 38.6 Å². The van der Waals surface area contributed by atoms with Crippen LogP contribution in [0, 0.1) is 0 Å². The van der Waals surface area contributed by atoms with Crippen LogP contribution in [0.5, 0.6) is 0 Å². The highest BCUT2D eigenvalue weighted by Crippen LogP contribution is 2.59. The Morgan fingerprint density at radius 2 is 1.20 bits per heavy atom. The Hall–Kier alpha value is -5.59. The maximum Gasteiger partial charge on any atom is 0.230 e. The van der Waals surface area contributed by atoms with Crippen LogP contribution in [0.15, 0.2) is 179 Å². The summed E-state index contributed by atoms with van der Waals surface area (Å²) >= 11 is 1.99. The molecule has 7 unspecified atom stereocenters. The van der Waals surface area contributed by atoms with Crippen molar-refractivity contribution in [3.63, 3.8) is 0 Å². The summed E-state index contributed by atoms with van der Waals surface area (Å²) in [5, 5.41) is 4.14. The minimum Gasteiger partial charge on any atom is -0.344 e. The lowest BCUT2D eigenvalue weighted by molar-refractivity contribution is 0.661. The fraction of sp³-hybridized carbons (Fsp3) is 0.156. The minimum atomic E-state index is -0.277. The zero-order valence-electron chi connectivity index (χ0n) is 27.8. The van der Waals surface area contributed by atoms with E-state index in [9.17, 15) is 0 Å². The van der Waals surface area contributed by atoms with Crippen molar-refractivity contribution in [3.05, 3.63) is 192 Å². The number of nitrogens with one attached hydrogen (secondary N) is 1. The van der Waals surface area contributed by atoms with Crippen LogP contribution in [-0.4, -0.2) is 29.1 Å². The highest BCUT2D eigenvalue weighted by Gasteiger charge is 2.48. The average Bonchev–Trinajstić information content (AvgIpc) is 3.86. The van der Waals surface area contributed by atoms with Gasteiger partial charge in [-0.3, -0.25) is 0 Å². The van der Waals surface area contributed by atoms with Gasteiger partial charge in [-0.25, -0.2) is 4.99 Å². The normalized spacial score (nSPS) is 28.4. The van der Waals surface area contributed by atoms with Crippen molar-refractivity contribution >= 4 is 40.6 Å². The standard InChI is InChI=1S/C45H35N5S/c1-3-13-28(14-4-1)43-46-44(29-15-5-2-6-16-29)48-45(47-43)50-38-21-11-8-18-32(38)35-25-24-34-31-17-7-10-20-37(31)49(41(34)42(35)50)30-23-26-40-36(27-30)33-19-9-12-22-39(33)51-40/h1-27,31-33,37-39,43H,(H,46,47,48). The molecule has 4 aromatic carbocycles. The van der Waals surface area contributed by atoms with Crippen molar-refractivity contribution in [2.45, 2.75) is 46.1 Å². The maximum atomic E-state index is 5.43. The third kappa shape index (κ3) is 4.49. The molecule has 6 heteroatoms. The van der Waals surface area contributed by atoms with Gasteiger partial charge in [0.05, 0.1) is 23.5 Å². The first-order valence-corrected chi connectivity index (χ1v) is 18.8. The first-order valence-electron chi connectivity index (χ1n) is 17.9. The fourth-order valence-electron chi connectivity index (χ4n) is 9.02. The number of amidine groups is 1. The Balaban J connectivity index is 1.12. The number of anilines is 3. The molecule has 0 saturated heterocycles. The number of rotatable bonds is 3. The van der Waals surface area contributed by atoms with Gasteiger partial charge in [0.25, 0.3) is 0 Å². The van der Waals surface area contributed by atoms with Gasteiger partial charge in [-0.1, -0.05) is 146 Å². The lowest BCUT2D eigenvalue weighted by atomic mass is 9.88. The molecule has 3 aliphatic carbocycles. The van der Waals surface area contributed by atoms with Crippen LogP contribution < -0.4 is 15.1 Å². The van der Waals surface area contributed by atoms with E-state index in [1.807, 2.05) is 11.8 Å². The van der Waals surface area contributed by atoms with Gasteiger partial charge in [0, 0.05) is 39.1 Å². The van der Waals surface area contributed by atoms with Gasteiger partial charge in [-0.05, 0) is 40.5 Å². The third-order valence-corrected chi connectivity index (χ3v) is 12.7. The van der Waals surface area contributed by atoms with Gasteiger partial charge in [0.2, 0.25) is 5.96 Å². The topological polar surface area (TPSA) is 43.2 Å². The molecule has 4 heterocycles. The summed E-state index contributed by atoms with van der Waals surface area (Å²) in [5.41, 5.74) is 9.98. The highest BCUT2D eigenvalue weighted by molar-refractivity contribution is 8.00. The molecule has 7 atom stereocenters. The molecule has 246 valence electrons. The molecule has 4 aliphatic heterocycles. The highest BCUT2D eigenvalue weighted by atomic mass is 32.2. The molecule has 0 fully saturated rings. The van der Waals surface area contributed by atoms with Crippen molar-refractivity contribution in [1.82, 2.24) is 5.32 Å². The minimum absolute atomic E-state index is 0.0532. The number of allylic oxidation sites excluding steroid dienone is 7. The number of guanidine groups is 1. The quantitative estimate of drug-likeness (QED) is 0.235. The van der Waals surface area contributed by atoms with Gasteiger partial charge < -0.3 is 15.1 Å². The monoisotopic (exact) mass is 677 g/mol. The van der Waals surface area contributed by atoms with E-state index in [1.54, 1.807) is 0 Å². The zero-order valence-corrected chi connectivity index (χ0v) is 28.6. The third-order valence-electron chi connectivity index (χ3n) is 11.3. The molecule has 0 spiro atoms. The zero-order chi connectivity index (χ0) is 33.5. The fourth-order valence-corrected chi connectivity index (χ4v) is 10.3. The number of benzene rings is 4. The second kappa shape index (κ2) is 11.5. The van der Waals surface area contributed by atoms with Crippen LogP contribution in [-0.2, 0) is 0 Å². The predicted octanol–water partition coefficient (Wildman–Crippen LogP) is 9.60. The molecular weight excluding hydrogens is 643 g/mol. The predicted molar refractivity (Wildman–Crippen MR) is 211 cm³/mol. The Kier molecular flexibility index (Phi) is 6.56. The van der Waals surface area contributed by atoms with Crippen LogP contribution in [0.2, 0.25) is 0 Å². The van der Waals surface area contributed by atoms with Crippen molar-refractivity contribution in [3.8, 4) is 0 Å². The lowest BCUT2D eigenvalue weighted by Crippen LogP contribution is -2.43. The van der Waals surface area contributed by atoms with Crippen LogP contribution in [0.1, 0.15) is 51.7 Å². The number of nitrogens with zero attached hydrogens (tertiary/aromatic N) is 4. The van der Waals surface area contributed by atoms with Crippen LogP contribution in [0.4, 0.5) is 17.1 Å². The summed E-state index contributed by atoms with van der Waals surface area (Å²) in [6.07, 6.45) is 27.1. The molecule has 51 heavy (non-hydrogen) atoms. The summed E-state index contributed by atoms with van der Waals surface area (Å²) in [6.45, 7) is 0.